The number of hydrogen-bond donors (Lipinski definition) is 2. The second-order valence-corrected chi connectivity index (χ2v) is 14.2. The number of carbonyl (C=O) groups is 1. The maximum absolute atomic E-state index is 15.6. The molecule has 1 amide bonds. The van der Waals surface area contributed by atoms with Crippen LogP contribution in [0.25, 0.3) is 5.69 Å². The number of anilines is 3. The van der Waals surface area contributed by atoms with Crippen molar-refractivity contribution in [1.29, 1.82) is 5.26 Å². The number of nitrogens with one attached hydrogen (secondary N) is 2. The highest BCUT2D eigenvalue weighted by Gasteiger charge is 2.36. The van der Waals surface area contributed by atoms with Crippen LogP contribution >= 0.6 is 0 Å². The molecular formula is C36H47FN10O2. The first kappa shape index (κ1) is 33.2. The summed E-state index contributed by atoms with van der Waals surface area (Å²) >= 11 is 0. The van der Waals surface area contributed by atoms with E-state index in [1.54, 1.807) is 12.5 Å². The third-order valence-electron chi connectivity index (χ3n) is 10.7. The molecule has 0 unspecified atom stereocenters. The smallest absolute Gasteiger partial charge is 0.254 e. The Morgan fingerprint density at radius 1 is 1.10 bits per heavy atom. The molecule has 7 rings (SSSR count). The van der Waals surface area contributed by atoms with Crippen molar-refractivity contribution >= 4 is 23.4 Å². The number of methoxy groups -OCH3 is 1. The zero-order valence-electron chi connectivity index (χ0n) is 29.0. The Morgan fingerprint density at radius 3 is 2.51 bits per heavy atom. The first-order chi connectivity index (χ1) is 23.8. The largest absolute Gasteiger partial charge is 0.495 e. The van der Waals surface area contributed by atoms with Gasteiger partial charge >= 0.3 is 0 Å². The van der Waals surface area contributed by atoms with Crippen LogP contribution in [0, 0.1) is 23.1 Å². The minimum absolute atomic E-state index is 0.00176. The van der Waals surface area contributed by atoms with Gasteiger partial charge < -0.3 is 30.1 Å². The monoisotopic (exact) mass is 670 g/mol. The maximum atomic E-state index is 15.6. The molecule has 13 heteroatoms. The van der Waals surface area contributed by atoms with Gasteiger partial charge in [0.05, 0.1) is 36.3 Å². The molecule has 2 aromatic heterocycles. The summed E-state index contributed by atoms with van der Waals surface area (Å²) in [4.78, 5) is 34.4. The molecule has 260 valence electrons. The predicted molar refractivity (Wildman–Crippen MR) is 185 cm³/mol. The van der Waals surface area contributed by atoms with Gasteiger partial charge in [0.15, 0.2) is 11.5 Å². The number of fused-ring (bicyclic) bond motifs is 3. The fourth-order valence-corrected chi connectivity index (χ4v) is 7.93. The molecule has 0 radical (unpaired) electrons. The molecule has 2 N–H and O–H groups in total. The molecule has 0 spiro atoms. The van der Waals surface area contributed by atoms with Crippen molar-refractivity contribution in [3.05, 3.63) is 47.4 Å². The average Bonchev–Trinajstić information content (AvgIpc) is 3.82. The summed E-state index contributed by atoms with van der Waals surface area (Å²) in [5.41, 5.74) is 2.16. The Kier molecular flexibility index (Phi) is 9.44. The number of nitrogens with zero attached hydrogens (tertiary/aromatic N) is 8. The molecule has 2 saturated heterocycles. The van der Waals surface area contributed by atoms with Crippen molar-refractivity contribution in [1.82, 2.24) is 34.6 Å². The molecular weight excluding hydrogens is 623 g/mol. The number of halogens is 1. The summed E-state index contributed by atoms with van der Waals surface area (Å²) in [7, 11) is 1.49. The van der Waals surface area contributed by atoms with Crippen LogP contribution in [-0.2, 0) is 0 Å². The number of carbonyl (C=O) groups excluding carboxylic acids is 1. The van der Waals surface area contributed by atoms with Crippen LogP contribution in [0.1, 0.15) is 93.5 Å². The number of aromatic nitrogens is 4. The highest BCUT2D eigenvalue weighted by Crippen LogP contribution is 2.42. The summed E-state index contributed by atoms with van der Waals surface area (Å²) < 4.78 is 23.1. The zero-order chi connectivity index (χ0) is 34.2. The van der Waals surface area contributed by atoms with E-state index in [0.29, 0.717) is 34.7 Å². The highest BCUT2D eigenvalue weighted by atomic mass is 19.1. The van der Waals surface area contributed by atoms with Gasteiger partial charge in [-0.05, 0) is 83.9 Å². The lowest BCUT2D eigenvalue weighted by Crippen LogP contribution is -2.51. The number of imidazole rings is 1. The van der Waals surface area contributed by atoms with E-state index in [9.17, 15) is 10.1 Å². The van der Waals surface area contributed by atoms with Gasteiger partial charge in [0, 0.05) is 43.8 Å². The van der Waals surface area contributed by atoms with Crippen molar-refractivity contribution in [2.45, 2.75) is 89.9 Å². The number of piperidine rings is 2. The molecule has 4 aliphatic rings. The Labute approximate surface area is 287 Å². The summed E-state index contributed by atoms with van der Waals surface area (Å²) in [5.74, 6) is 1.07. The number of hydrogen-bond acceptors (Lipinski definition) is 10. The molecule has 3 aliphatic heterocycles. The Morgan fingerprint density at radius 2 is 1.86 bits per heavy atom. The van der Waals surface area contributed by atoms with Crippen LogP contribution in [-0.4, -0.2) is 93.2 Å². The van der Waals surface area contributed by atoms with E-state index < -0.39 is 11.7 Å². The lowest BCUT2D eigenvalue weighted by Gasteiger charge is -2.42. The van der Waals surface area contributed by atoms with Gasteiger partial charge in [-0.15, -0.1) is 0 Å². The third-order valence-corrected chi connectivity index (χ3v) is 10.7. The number of benzene rings is 1. The predicted octanol–water partition coefficient (Wildman–Crippen LogP) is 5.17. The number of ether oxygens (including phenoxy) is 1. The second-order valence-electron chi connectivity index (χ2n) is 14.2. The molecule has 1 aromatic carbocycles. The summed E-state index contributed by atoms with van der Waals surface area (Å²) in [5, 5.41) is 15.9. The van der Waals surface area contributed by atoms with E-state index in [0.717, 1.165) is 44.0 Å². The lowest BCUT2D eigenvalue weighted by molar-refractivity contribution is 0.0753. The van der Waals surface area contributed by atoms with E-state index in [2.05, 4.69) is 62.1 Å². The van der Waals surface area contributed by atoms with Crippen LogP contribution in [0.15, 0.2) is 24.7 Å². The molecule has 5 heterocycles. The number of amides is 1. The second kappa shape index (κ2) is 13.9. The normalized spacial score (nSPS) is 20.5. The topological polar surface area (TPSA) is 127 Å². The van der Waals surface area contributed by atoms with Crippen LogP contribution in [0.2, 0.25) is 0 Å². The number of rotatable bonds is 10. The van der Waals surface area contributed by atoms with Crippen LogP contribution in [0.4, 0.5) is 21.8 Å². The van der Waals surface area contributed by atoms with E-state index in [4.69, 9.17) is 9.72 Å². The molecule has 1 saturated carbocycles. The van der Waals surface area contributed by atoms with Crippen molar-refractivity contribution in [2.75, 3.05) is 50.1 Å². The Hall–Kier alpha value is -4.28. The fourth-order valence-electron chi connectivity index (χ4n) is 7.93. The quantitative estimate of drug-likeness (QED) is 0.298. The number of likely N-dealkylation sites (tertiary alicyclic amines) is 2. The van der Waals surface area contributed by atoms with Crippen molar-refractivity contribution in [2.24, 2.45) is 5.92 Å². The minimum Gasteiger partial charge on any atom is -0.495 e. The van der Waals surface area contributed by atoms with Gasteiger partial charge in [0.25, 0.3) is 5.91 Å². The van der Waals surface area contributed by atoms with Crippen LogP contribution < -0.4 is 20.3 Å². The first-order valence-corrected chi connectivity index (χ1v) is 17.8. The van der Waals surface area contributed by atoms with Crippen molar-refractivity contribution in [3.63, 3.8) is 0 Å². The van der Waals surface area contributed by atoms with Gasteiger partial charge in [-0.2, -0.15) is 10.2 Å². The summed E-state index contributed by atoms with van der Waals surface area (Å²) in [6.07, 6.45) is 11.0. The SMILES string of the molecule is CC[C@@H]1c2c(C#N)ncn2-c2cnc(Nc3cc(F)c(C(=O)NC4CCN(C5CCN(CC6CC6)CC5)CC4)cc3OC)nc2N1C(C)C. The van der Waals surface area contributed by atoms with E-state index in [1.165, 1.54) is 64.6 Å². The van der Waals surface area contributed by atoms with Gasteiger partial charge in [0.2, 0.25) is 5.95 Å². The molecule has 1 atom stereocenters. The zero-order valence-corrected chi connectivity index (χ0v) is 29.0. The Bertz CT molecular complexity index is 1720. The molecule has 3 fully saturated rings. The maximum Gasteiger partial charge on any atom is 0.254 e. The minimum atomic E-state index is -0.656. The Balaban J connectivity index is 1.02. The summed E-state index contributed by atoms with van der Waals surface area (Å²) in [6, 6.07) is 5.48. The van der Waals surface area contributed by atoms with Gasteiger partial charge in [-0.3, -0.25) is 9.36 Å². The summed E-state index contributed by atoms with van der Waals surface area (Å²) in [6.45, 7) is 11.8. The molecule has 12 nitrogen and oxygen atoms in total. The van der Waals surface area contributed by atoms with E-state index in [1.807, 2.05) is 4.57 Å². The van der Waals surface area contributed by atoms with Crippen molar-refractivity contribution in [3.8, 4) is 17.5 Å². The molecule has 1 aliphatic carbocycles. The average molecular weight is 671 g/mol. The van der Waals surface area contributed by atoms with Crippen LogP contribution in [0.5, 0.6) is 5.75 Å². The molecule has 0 bridgehead atoms. The molecule has 3 aromatic rings. The highest BCUT2D eigenvalue weighted by molar-refractivity contribution is 5.96. The first-order valence-electron chi connectivity index (χ1n) is 17.8. The number of nitriles is 1. The van der Waals surface area contributed by atoms with E-state index in [-0.39, 0.29) is 29.6 Å². The molecule has 49 heavy (non-hydrogen) atoms. The fraction of sp³-hybridized carbons (Fsp3) is 0.583. The standard InChI is InChI=1S/C36H47FN10O2/c1-5-30-33-29(18-38)40-21-46(33)31-19-39-36(43-34(31)47(30)22(2)3)42-28-17-27(37)26(16-32(28)49-4)35(48)41-24-8-14-45(15-9-24)25-10-12-44(13-11-25)20-23-6-7-23/h16-17,19,21-25,30H,5-15,20H2,1-4H3,(H,41,48)(H,39,42,43)/t30-/m1/s1. The van der Waals surface area contributed by atoms with Gasteiger partial charge in [-0.1, -0.05) is 6.92 Å². The van der Waals surface area contributed by atoms with Crippen molar-refractivity contribution < 1.29 is 13.9 Å². The van der Waals surface area contributed by atoms with Gasteiger partial charge in [-0.25, -0.2) is 14.4 Å². The lowest BCUT2D eigenvalue weighted by atomic mass is 9.97. The van der Waals surface area contributed by atoms with Gasteiger partial charge in [0.1, 0.15) is 29.7 Å². The van der Waals surface area contributed by atoms with E-state index >= 15 is 4.39 Å². The third kappa shape index (κ3) is 6.68. The van der Waals surface area contributed by atoms with Crippen LogP contribution in [0.3, 0.4) is 0 Å².